The van der Waals surface area contributed by atoms with E-state index in [1.54, 1.807) is 6.26 Å². The van der Waals surface area contributed by atoms with Gasteiger partial charge in [-0.2, -0.15) is 0 Å². The van der Waals surface area contributed by atoms with E-state index >= 15 is 0 Å². The highest BCUT2D eigenvalue weighted by atomic mass is 16.3. The minimum absolute atomic E-state index is 0.0655. The molecule has 1 heterocycles. The highest BCUT2D eigenvalue weighted by Crippen LogP contribution is 2.15. The predicted octanol–water partition coefficient (Wildman–Crippen LogP) is 2.39. The molecule has 3 amide bonds. The lowest BCUT2D eigenvalue weighted by molar-refractivity contribution is -0.122. The highest BCUT2D eigenvalue weighted by Gasteiger charge is 2.23. The monoisotopic (exact) mass is 329 g/mol. The van der Waals surface area contributed by atoms with Crippen LogP contribution < -0.4 is 16.0 Å². The van der Waals surface area contributed by atoms with E-state index in [0.717, 1.165) is 24.2 Å². The van der Waals surface area contributed by atoms with E-state index in [1.807, 2.05) is 49.4 Å². The first-order valence-electron chi connectivity index (χ1n) is 7.96. The summed E-state index contributed by atoms with van der Waals surface area (Å²) < 4.78 is 5.33. The normalized spacial score (nSPS) is 13.1. The summed E-state index contributed by atoms with van der Waals surface area (Å²) in [4.78, 5) is 23.9. The molecular weight excluding hydrogens is 306 g/mol. The van der Waals surface area contributed by atoms with Gasteiger partial charge in [0.05, 0.1) is 6.26 Å². The number of amides is 3. The van der Waals surface area contributed by atoms with Crippen LogP contribution in [0.5, 0.6) is 0 Å². The summed E-state index contributed by atoms with van der Waals surface area (Å²) >= 11 is 0. The van der Waals surface area contributed by atoms with Gasteiger partial charge in [-0.25, -0.2) is 4.79 Å². The van der Waals surface area contributed by atoms with Crippen molar-refractivity contribution in [2.75, 3.05) is 7.05 Å². The van der Waals surface area contributed by atoms with E-state index in [0.29, 0.717) is 0 Å². The van der Waals surface area contributed by atoms with Crippen molar-refractivity contribution in [2.24, 2.45) is 0 Å². The van der Waals surface area contributed by atoms with Crippen LogP contribution in [0.4, 0.5) is 4.79 Å². The molecule has 2 rings (SSSR count). The maximum Gasteiger partial charge on any atom is 0.321 e. The summed E-state index contributed by atoms with van der Waals surface area (Å²) in [5.74, 6) is 0.528. The standard InChI is InChI=1S/C18H23N3O3/c1-13(10-11-15-9-6-12-24-15)20-16(14-7-4-3-5-8-14)17(22)21-18(23)19-2/h3-9,12-13,16,20H,10-11H2,1-2H3,(H2,19,21,22,23)/t13-,16+/m1/s1. The number of carbonyl (C=O) groups excluding carboxylic acids is 2. The number of urea groups is 1. The number of carbonyl (C=O) groups is 2. The van der Waals surface area contributed by atoms with Gasteiger partial charge >= 0.3 is 6.03 Å². The summed E-state index contributed by atoms with van der Waals surface area (Å²) in [6.45, 7) is 2.01. The number of benzene rings is 1. The maximum atomic E-state index is 12.4. The Hall–Kier alpha value is -2.60. The van der Waals surface area contributed by atoms with Crippen molar-refractivity contribution < 1.29 is 14.0 Å². The Balaban J connectivity index is 2.02. The first kappa shape index (κ1) is 17.7. The molecule has 128 valence electrons. The fraction of sp³-hybridized carbons (Fsp3) is 0.333. The number of nitrogens with one attached hydrogen (secondary N) is 3. The molecule has 1 aromatic heterocycles. The molecule has 6 nitrogen and oxygen atoms in total. The average molecular weight is 329 g/mol. The van der Waals surface area contributed by atoms with Gasteiger partial charge in [-0.05, 0) is 31.0 Å². The van der Waals surface area contributed by atoms with Gasteiger partial charge in [-0.3, -0.25) is 15.4 Å². The van der Waals surface area contributed by atoms with E-state index in [9.17, 15) is 9.59 Å². The van der Waals surface area contributed by atoms with Crippen molar-refractivity contribution >= 4 is 11.9 Å². The number of rotatable bonds is 7. The lowest BCUT2D eigenvalue weighted by Crippen LogP contribution is -2.46. The second kappa shape index (κ2) is 8.88. The van der Waals surface area contributed by atoms with Gasteiger partial charge in [0.25, 0.3) is 0 Å². The van der Waals surface area contributed by atoms with Crippen LogP contribution in [0.15, 0.2) is 53.1 Å². The van der Waals surface area contributed by atoms with E-state index in [-0.39, 0.29) is 11.9 Å². The Morgan fingerprint density at radius 2 is 1.88 bits per heavy atom. The third-order valence-electron chi connectivity index (χ3n) is 3.71. The van der Waals surface area contributed by atoms with Crippen LogP contribution in [0, 0.1) is 0 Å². The van der Waals surface area contributed by atoms with Gasteiger partial charge in [0, 0.05) is 19.5 Å². The van der Waals surface area contributed by atoms with Crippen molar-refractivity contribution in [3.8, 4) is 0 Å². The lowest BCUT2D eigenvalue weighted by Gasteiger charge is -2.22. The van der Waals surface area contributed by atoms with Gasteiger partial charge in [0.15, 0.2) is 0 Å². The smallest absolute Gasteiger partial charge is 0.321 e. The largest absolute Gasteiger partial charge is 0.469 e. The molecular formula is C18H23N3O3. The minimum Gasteiger partial charge on any atom is -0.469 e. The van der Waals surface area contributed by atoms with Crippen LogP contribution in [0.1, 0.15) is 30.7 Å². The van der Waals surface area contributed by atoms with Crippen molar-refractivity contribution in [3.63, 3.8) is 0 Å². The summed E-state index contributed by atoms with van der Waals surface area (Å²) in [6.07, 6.45) is 3.24. The first-order valence-corrected chi connectivity index (χ1v) is 7.96. The summed E-state index contributed by atoms with van der Waals surface area (Å²) in [5, 5.41) is 8.01. The number of hydrogen-bond acceptors (Lipinski definition) is 4. The number of imide groups is 1. The fourth-order valence-corrected chi connectivity index (χ4v) is 2.40. The molecule has 24 heavy (non-hydrogen) atoms. The Bertz CT molecular complexity index is 641. The molecule has 0 aliphatic carbocycles. The molecule has 0 aliphatic rings. The van der Waals surface area contributed by atoms with Crippen molar-refractivity contribution in [1.82, 2.24) is 16.0 Å². The number of furan rings is 1. The second-order valence-electron chi connectivity index (χ2n) is 5.60. The molecule has 1 aromatic carbocycles. The lowest BCUT2D eigenvalue weighted by atomic mass is 10.0. The Morgan fingerprint density at radius 1 is 1.12 bits per heavy atom. The van der Waals surface area contributed by atoms with E-state index in [1.165, 1.54) is 7.05 Å². The zero-order valence-electron chi connectivity index (χ0n) is 13.9. The Labute approximate surface area is 141 Å². The molecule has 0 saturated carbocycles. The molecule has 0 spiro atoms. The zero-order valence-corrected chi connectivity index (χ0v) is 13.9. The molecule has 2 aromatic rings. The summed E-state index contributed by atoms with van der Waals surface area (Å²) in [6, 6.07) is 12.1. The van der Waals surface area contributed by atoms with E-state index < -0.39 is 12.1 Å². The average Bonchev–Trinajstić information content (AvgIpc) is 3.12. The molecule has 0 radical (unpaired) electrons. The topological polar surface area (TPSA) is 83.4 Å². The highest BCUT2D eigenvalue weighted by molar-refractivity contribution is 5.97. The minimum atomic E-state index is -0.602. The third kappa shape index (κ3) is 5.24. The van der Waals surface area contributed by atoms with Gasteiger partial charge < -0.3 is 9.73 Å². The van der Waals surface area contributed by atoms with E-state index in [4.69, 9.17) is 4.42 Å². The quantitative estimate of drug-likeness (QED) is 0.728. The van der Waals surface area contributed by atoms with Crippen molar-refractivity contribution in [1.29, 1.82) is 0 Å². The van der Waals surface area contributed by atoms with Gasteiger partial charge in [0.2, 0.25) is 5.91 Å². The van der Waals surface area contributed by atoms with Crippen LogP contribution in [-0.4, -0.2) is 25.0 Å². The SMILES string of the molecule is CNC(=O)NC(=O)[C@@H](N[C@H](C)CCc1ccco1)c1ccccc1. The van der Waals surface area contributed by atoms with Crippen molar-refractivity contribution in [2.45, 2.75) is 31.8 Å². The molecule has 0 aliphatic heterocycles. The van der Waals surface area contributed by atoms with Gasteiger partial charge in [-0.1, -0.05) is 30.3 Å². The summed E-state index contributed by atoms with van der Waals surface area (Å²) in [5.41, 5.74) is 0.809. The predicted molar refractivity (Wildman–Crippen MR) is 91.4 cm³/mol. The molecule has 2 atom stereocenters. The van der Waals surface area contributed by atoms with Crippen LogP contribution in [0.3, 0.4) is 0 Å². The fourth-order valence-electron chi connectivity index (χ4n) is 2.40. The Kier molecular flexibility index (Phi) is 6.57. The summed E-state index contributed by atoms with van der Waals surface area (Å²) in [7, 11) is 1.47. The number of hydrogen-bond donors (Lipinski definition) is 3. The van der Waals surface area contributed by atoms with Crippen LogP contribution in [0.25, 0.3) is 0 Å². The molecule has 3 N–H and O–H groups in total. The van der Waals surface area contributed by atoms with Crippen LogP contribution in [0.2, 0.25) is 0 Å². The first-order chi connectivity index (χ1) is 11.6. The maximum absolute atomic E-state index is 12.4. The third-order valence-corrected chi connectivity index (χ3v) is 3.71. The van der Waals surface area contributed by atoms with Crippen molar-refractivity contribution in [3.05, 3.63) is 60.1 Å². The van der Waals surface area contributed by atoms with Gasteiger partial charge in [0.1, 0.15) is 11.8 Å². The van der Waals surface area contributed by atoms with Crippen LogP contribution >= 0.6 is 0 Å². The molecule has 0 fully saturated rings. The number of aryl methyl sites for hydroxylation is 1. The molecule has 0 saturated heterocycles. The van der Waals surface area contributed by atoms with Gasteiger partial charge in [-0.15, -0.1) is 0 Å². The zero-order chi connectivity index (χ0) is 17.4. The Morgan fingerprint density at radius 3 is 2.50 bits per heavy atom. The second-order valence-corrected chi connectivity index (χ2v) is 5.60. The molecule has 6 heteroatoms. The van der Waals surface area contributed by atoms with E-state index in [2.05, 4.69) is 16.0 Å². The molecule has 0 unspecified atom stereocenters. The van der Waals surface area contributed by atoms with Crippen LogP contribution in [-0.2, 0) is 11.2 Å². The molecule has 0 bridgehead atoms.